The summed E-state index contributed by atoms with van der Waals surface area (Å²) in [7, 11) is 0. The van der Waals surface area contributed by atoms with E-state index in [-0.39, 0.29) is 17.7 Å². The molecule has 0 saturated heterocycles. The second-order valence-corrected chi connectivity index (χ2v) is 3.76. The Morgan fingerprint density at radius 2 is 2.12 bits per heavy atom. The number of hydrogen-bond acceptors (Lipinski definition) is 4. The minimum Gasteiger partial charge on any atom is -0.478 e. The molecule has 0 unspecified atom stereocenters. The molecule has 0 bridgehead atoms. The predicted molar refractivity (Wildman–Crippen MR) is 61.1 cm³/mol. The van der Waals surface area contributed by atoms with Gasteiger partial charge in [-0.1, -0.05) is 6.07 Å². The maximum atomic E-state index is 11.7. The Kier molecular flexibility index (Phi) is 4.37. The smallest absolute Gasteiger partial charge is 0.340 e. The summed E-state index contributed by atoms with van der Waals surface area (Å²) >= 11 is 1.32. The van der Waals surface area contributed by atoms with E-state index in [1.165, 1.54) is 17.8 Å². The Morgan fingerprint density at radius 3 is 2.62 bits per heavy atom. The maximum absolute atomic E-state index is 11.7. The Hall–Kier alpha value is -1.49. The molecule has 1 aromatic carbocycles. The number of hydrogen-bond donors (Lipinski definition) is 1. The monoisotopic (exact) mass is 240 g/mol. The molecule has 16 heavy (non-hydrogen) atoms. The summed E-state index contributed by atoms with van der Waals surface area (Å²) in [6.07, 6.45) is 1.78. The highest BCUT2D eigenvalue weighted by Gasteiger charge is 2.20. The molecular weight excluding hydrogens is 228 g/mol. The van der Waals surface area contributed by atoms with Gasteiger partial charge in [-0.2, -0.15) is 0 Å². The quantitative estimate of drug-likeness (QED) is 0.646. The Morgan fingerprint density at radius 1 is 1.44 bits per heavy atom. The van der Waals surface area contributed by atoms with Crippen molar-refractivity contribution >= 4 is 23.7 Å². The number of carboxylic acids is 1. The van der Waals surface area contributed by atoms with Gasteiger partial charge in [0, 0.05) is 4.90 Å². The van der Waals surface area contributed by atoms with Crippen molar-refractivity contribution in [2.75, 3.05) is 12.9 Å². The average molecular weight is 240 g/mol. The summed E-state index contributed by atoms with van der Waals surface area (Å²) in [5, 5.41) is 8.99. The number of benzene rings is 1. The summed E-state index contributed by atoms with van der Waals surface area (Å²) in [6.45, 7) is 1.90. The Balaban J connectivity index is 3.30. The highest BCUT2D eigenvalue weighted by molar-refractivity contribution is 7.98. The molecule has 0 aliphatic heterocycles. The van der Waals surface area contributed by atoms with Crippen LogP contribution in [0.5, 0.6) is 0 Å². The van der Waals surface area contributed by atoms with Crippen molar-refractivity contribution in [3.05, 3.63) is 29.3 Å². The minimum absolute atomic E-state index is 0.0229. The molecule has 1 aromatic rings. The molecule has 0 atom stereocenters. The molecule has 5 heteroatoms. The normalized spacial score (nSPS) is 9.88. The van der Waals surface area contributed by atoms with Crippen molar-refractivity contribution < 1.29 is 19.4 Å². The molecule has 0 spiro atoms. The fourth-order valence-electron chi connectivity index (χ4n) is 1.29. The molecule has 0 aromatic heterocycles. The van der Waals surface area contributed by atoms with Gasteiger partial charge >= 0.3 is 11.9 Å². The number of carboxylic acid groups (broad SMARTS) is 1. The molecule has 4 nitrogen and oxygen atoms in total. The van der Waals surface area contributed by atoms with E-state index in [4.69, 9.17) is 9.84 Å². The predicted octanol–water partition coefficient (Wildman–Crippen LogP) is 2.28. The van der Waals surface area contributed by atoms with Crippen molar-refractivity contribution in [1.29, 1.82) is 0 Å². The summed E-state index contributed by atoms with van der Waals surface area (Å²) in [5.41, 5.74) is 0.106. The Bertz CT molecular complexity index is 414. The van der Waals surface area contributed by atoms with Gasteiger partial charge in [-0.05, 0) is 25.3 Å². The molecule has 0 heterocycles. The van der Waals surface area contributed by atoms with E-state index in [2.05, 4.69) is 0 Å². The van der Waals surface area contributed by atoms with Crippen LogP contribution in [0.15, 0.2) is 23.1 Å². The van der Waals surface area contributed by atoms with Gasteiger partial charge in [0.15, 0.2) is 0 Å². The first-order valence-corrected chi connectivity index (χ1v) is 5.91. The SMILES string of the molecule is CCOC(=O)c1c(SC)cccc1C(=O)O. The van der Waals surface area contributed by atoms with Gasteiger partial charge in [0.1, 0.15) is 0 Å². The zero-order valence-electron chi connectivity index (χ0n) is 9.02. The lowest BCUT2D eigenvalue weighted by molar-refractivity contribution is 0.0510. The van der Waals surface area contributed by atoms with E-state index < -0.39 is 11.9 Å². The van der Waals surface area contributed by atoms with E-state index in [9.17, 15) is 9.59 Å². The van der Waals surface area contributed by atoms with Gasteiger partial charge in [-0.15, -0.1) is 11.8 Å². The number of carbonyl (C=O) groups excluding carboxylic acids is 1. The molecule has 0 radical (unpaired) electrons. The molecule has 0 aliphatic carbocycles. The first kappa shape index (κ1) is 12.6. The zero-order chi connectivity index (χ0) is 12.1. The van der Waals surface area contributed by atoms with Gasteiger partial charge in [-0.3, -0.25) is 0 Å². The number of carbonyl (C=O) groups is 2. The number of thioether (sulfide) groups is 1. The topological polar surface area (TPSA) is 63.6 Å². The molecule has 0 amide bonds. The van der Waals surface area contributed by atoms with Crippen LogP contribution >= 0.6 is 11.8 Å². The van der Waals surface area contributed by atoms with Crippen LogP contribution in [0.1, 0.15) is 27.6 Å². The van der Waals surface area contributed by atoms with Crippen LogP contribution in [0.4, 0.5) is 0 Å². The second kappa shape index (κ2) is 5.55. The number of esters is 1. The lowest BCUT2D eigenvalue weighted by Crippen LogP contribution is -2.12. The van der Waals surface area contributed by atoms with Crippen molar-refractivity contribution in [1.82, 2.24) is 0 Å². The highest BCUT2D eigenvalue weighted by Crippen LogP contribution is 2.24. The molecular formula is C11H12O4S. The van der Waals surface area contributed by atoms with Crippen LogP contribution in [0.3, 0.4) is 0 Å². The third-order valence-corrected chi connectivity index (χ3v) is 2.74. The lowest BCUT2D eigenvalue weighted by atomic mass is 10.1. The first-order chi connectivity index (χ1) is 7.61. The van der Waals surface area contributed by atoms with Crippen molar-refractivity contribution in [2.45, 2.75) is 11.8 Å². The van der Waals surface area contributed by atoms with Gasteiger partial charge in [-0.25, -0.2) is 9.59 Å². The highest BCUT2D eigenvalue weighted by atomic mass is 32.2. The van der Waals surface area contributed by atoms with Crippen molar-refractivity contribution in [3.63, 3.8) is 0 Å². The fraction of sp³-hybridized carbons (Fsp3) is 0.273. The van der Waals surface area contributed by atoms with Crippen molar-refractivity contribution in [3.8, 4) is 0 Å². The fourth-order valence-corrected chi connectivity index (χ4v) is 1.91. The molecule has 0 fully saturated rings. The minimum atomic E-state index is -1.13. The number of rotatable bonds is 4. The van der Waals surface area contributed by atoms with Crippen LogP contribution in [-0.4, -0.2) is 29.9 Å². The van der Waals surface area contributed by atoms with Crippen LogP contribution in [-0.2, 0) is 4.74 Å². The van der Waals surface area contributed by atoms with Gasteiger partial charge in [0.25, 0.3) is 0 Å². The van der Waals surface area contributed by atoms with Crippen LogP contribution in [0.25, 0.3) is 0 Å². The summed E-state index contributed by atoms with van der Waals surface area (Å²) in [5.74, 6) is -1.72. The van der Waals surface area contributed by atoms with Crippen LogP contribution in [0.2, 0.25) is 0 Å². The summed E-state index contributed by atoms with van der Waals surface area (Å²) in [6, 6.07) is 4.70. The summed E-state index contributed by atoms with van der Waals surface area (Å²) in [4.78, 5) is 23.2. The molecule has 1 rings (SSSR count). The standard InChI is InChI=1S/C11H12O4S/c1-3-15-11(14)9-7(10(12)13)5-4-6-8(9)16-2/h4-6H,3H2,1-2H3,(H,12,13). The molecule has 0 saturated carbocycles. The van der Waals surface area contributed by atoms with E-state index in [0.29, 0.717) is 4.90 Å². The van der Waals surface area contributed by atoms with Crippen LogP contribution in [0, 0.1) is 0 Å². The third-order valence-electron chi connectivity index (χ3n) is 1.96. The summed E-state index contributed by atoms with van der Waals surface area (Å²) < 4.78 is 4.85. The Labute approximate surface area is 97.6 Å². The number of aromatic carboxylic acids is 1. The van der Waals surface area contributed by atoms with Gasteiger partial charge < -0.3 is 9.84 Å². The van der Waals surface area contributed by atoms with E-state index in [1.807, 2.05) is 0 Å². The van der Waals surface area contributed by atoms with Crippen molar-refractivity contribution in [2.24, 2.45) is 0 Å². The van der Waals surface area contributed by atoms with Gasteiger partial charge in [0.2, 0.25) is 0 Å². The van der Waals surface area contributed by atoms with E-state index in [1.54, 1.807) is 25.3 Å². The molecule has 1 N–H and O–H groups in total. The average Bonchev–Trinajstić information content (AvgIpc) is 2.28. The van der Waals surface area contributed by atoms with E-state index >= 15 is 0 Å². The molecule has 0 aliphatic rings. The lowest BCUT2D eigenvalue weighted by Gasteiger charge is -2.09. The third kappa shape index (κ3) is 2.55. The first-order valence-electron chi connectivity index (χ1n) is 4.69. The number of ether oxygens (including phenoxy) is 1. The maximum Gasteiger partial charge on any atom is 0.340 e. The van der Waals surface area contributed by atoms with Gasteiger partial charge in [0.05, 0.1) is 17.7 Å². The zero-order valence-corrected chi connectivity index (χ0v) is 9.84. The molecule has 86 valence electrons. The largest absolute Gasteiger partial charge is 0.478 e. The van der Waals surface area contributed by atoms with E-state index in [0.717, 1.165) is 0 Å². The van der Waals surface area contributed by atoms with Crippen LogP contribution < -0.4 is 0 Å². The second-order valence-electron chi connectivity index (χ2n) is 2.91.